The Morgan fingerprint density at radius 1 is 1.34 bits per heavy atom. The topological polar surface area (TPSA) is 120 Å². The molecule has 0 spiro atoms. The monoisotopic (exact) mass is 457 g/mol. The number of carbonyl (C=O) groups excluding carboxylic acids is 2. The van der Waals surface area contributed by atoms with Gasteiger partial charge in [-0.05, 0) is 38.0 Å². The molecule has 0 unspecified atom stereocenters. The number of nitrogens with zero attached hydrogens (tertiary/aromatic N) is 2. The van der Waals surface area contributed by atoms with E-state index in [2.05, 4.69) is 4.98 Å². The number of halogens is 1. The predicted octanol–water partition coefficient (Wildman–Crippen LogP) is 2.64. The zero-order valence-electron chi connectivity index (χ0n) is 15.6. The number of thiazole rings is 1. The number of nitrogens with two attached hydrogens (primary N) is 1. The number of hydrogen-bond acceptors (Lipinski definition) is 7. The maximum absolute atomic E-state index is 12.8. The van der Waals surface area contributed by atoms with Crippen molar-refractivity contribution in [2.24, 2.45) is 5.14 Å². The van der Waals surface area contributed by atoms with Gasteiger partial charge in [0.2, 0.25) is 10.0 Å². The van der Waals surface area contributed by atoms with E-state index in [4.69, 9.17) is 21.5 Å². The van der Waals surface area contributed by atoms with Gasteiger partial charge in [0.05, 0.1) is 16.6 Å². The number of sulfonamides is 1. The van der Waals surface area contributed by atoms with Gasteiger partial charge >= 0.3 is 5.97 Å². The SMILES string of the molecule is CCOC(=O)c1csc(C2CCN(C(=O)c3ccc(Cl)c(S(N)(=O)=O)c3)CC2)n1. The number of piperidine rings is 1. The van der Waals surface area contributed by atoms with E-state index in [-0.39, 0.29) is 27.3 Å². The highest BCUT2D eigenvalue weighted by atomic mass is 35.5. The Kier molecular flexibility index (Phi) is 6.57. The summed E-state index contributed by atoms with van der Waals surface area (Å²) in [6, 6.07) is 4.05. The summed E-state index contributed by atoms with van der Waals surface area (Å²) in [7, 11) is -4.02. The lowest BCUT2D eigenvalue weighted by atomic mass is 9.97. The molecule has 1 aromatic heterocycles. The van der Waals surface area contributed by atoms with Gasteiger partial charge in [0.25, 0.3) is 5.91 Å². The number of benzene rings is 1. The summed E-state index contributed by atoms with van der Waals surface area (Å²) < 4.78 is 28.2. The Morgan fingerprint density at radius 2 is 2.03 bits per heavy atom. The lowest BCUT2D eigenvalue weighted by Crippen LogP contribution is -2.38. The lowest BCUT2D eigenvalue weighted by molar-refractivity contribution is 0.0520. The van der Waals surface area contributed by atoms with Gasteiger partial charge in [-0.25, -0.2) is 23.3 Å². The lowest BCUT2D eigenvalue weighted by Gasteiger charge is -2.31. The second kappa shape index (κ2) is 8.78. The maximum atomic E-state index is 12.8. The minimum absolute atomic E-state index is 0.0241. The fraction of sp³-hybridized carbons (Fsp3) is 0.389. The van der Waals surface area contributed by atoms with Gasteiger partial charge in [-0.3, -0.25) is 4.79 Å². The summed E-state index contributed by atoms with van der Waals surface area (Å²) >= 11 is 7.29. The number of hydrogen-bond donors (Lipinski definition) is 1. The minimum Gasteiger partial charge on any atom is -0.461 e. The molecule has 1 saturated heterocycles. The molecule has 0 atom stereocenters. The molecule has 0 bridgehead atoms. The van der Waals surface area contributed by atoms with Crippen LogP contribution in [0, 0.1) is 0 Å². The van der Waals surface area contributed by atoms with Crippen LogP contribution in [-0.4, -0.2) is 49.9 Å². The Morgan fingerprint density at radius 3 is 2.66 bits per heavy atom. The van der Waals surface area contributed by atoms with Gasteiger partial charge in [-0.15, -0.1) is 11.3 Å². The molecule has 11 heteroatoms. The van der Waals surface area contributed by atoms with Crippen LogP contribution < -0.4 is 5.14 Å². The summed E-state index contributed by atoms with van der Waals surface area (Å²) in [4.78, 5) is 30.3. The molecule has 2 heterocycles. The van der Waals surface area contributed by atoms with E-state index in [1.54, 1.807) is 17.2 Å². The van der Waals surface area contributed by atoms with Gasteiger partial charge in [0.15, 0.2) is 5.69 Å². The number of likely N-dealkylation sites (tertiary alicyclic amines) is 1. The maximum Gasteiger partial charge on any atom is 0.357 e. The largest absolute Gasteiger partial charge is 0.461 e. The molecule has 1 fully saturated rings. The Bertz CT molecular complexity index is 1030. The third-order valence-electron chi connectivity index (χ3n) is 4.62. The van der Waals surface area contributed by atoms with Gasteiger partial charge in [0, 0.05) is 30.0 Å². The van der Waals surface area contributed by atoms with E-state index >= 15 is 0 Å². The highest BCUT2D eigenvalue weighted by Crippen LogP contribution is 2.31. The molecular formula is C18H20ClN3O5S2. The zero-order valence-corrected chi connectivity index (χ0v) is 18.0. The van der Waals surface area contributed by atoms with Crippen molar-refractivity contribution in [1.29, 1.82) is 0 Å². The van der Waals surface area contributed by atoms with Gasteiger partial charge in [0.1, 0.15) is 4.90 Å². The number of amides is 1. The van der Waals surface area contributed by atoms with Crippen molar-refractivity contribution in [3.63, 3.8) is 0 Å². The van der Waals surface area contributed by atoms with E-state index in [1.807, 2.05) is 0 Å². The molecular weight excluding hydrogens is 438 g/mol. The van der Waals surface area contributed by atoms with Gasteiger partial charge < -0.3 is 9.64 Å². The summed E-state index contributed by atoms with van der Waals surface area (Å²) in [5, 5.41) is 7.67. The number of rotatable bonds is 5. The van der Waals surface area contributed by atoms with E-state index < -0.39 is 16.0 Å². The van der Waals surface area contributed by atoms with Crippen molar-refractivity contribution in [3.05, 3.63) is 44.9 Å². The molecule has 156 valence electrons. The van der Waals surface area contributed by atoms with Crippen molar-refractivity contribution >= 4 is 44.8 Å². The molecule has 0 saturated carbocycles. The van der Waals surface area contributed by atoms with Gasteiger partial charge in [-0.1, -0.05) is 11.6 Å². The van der Waals surface area contributed by atoms with Crippen LogP contribution in [0.3, 0.4) is 0 Å². The first-order valence-electron chi connectivity index (χ1n) is 8.95. The fourth-order valence-corrected chi connectivity index (χ4v) is 5.17. The van der Waals surface area contributed by atoms with Crippen LogP contribution in [0.15, 0.2) is 28.5 Å². The molecule has 29 heavy (non-hydrogen) atoms. The van der Waals surface area contributed by atoms with Crippen molar-refractivity contribution in [1.82, 2.24) is 9.88 Å². The predicted molar refractivity (Wildman–Crippen MR) is 109 cm³/mol. The molecule has 0 aliphatic carbocycles. The number of ether oxygens (including phenoxy) is 1. The van der Waals surface area contributed by atoms with Crippen molar-refractivity contribution in [2.45, 2.75) is 30.6 Å². The fourth-order valence-electron chi connectivity index (χ4n) is 3.14. The van der Waals surface area contributed by atoms with Crippen molar-refractivity contribution in [3.8, 4) is 0 Å². The van der Waals surface area contributed by atoms with E-state index in [1.165, 1.54) is 29.5 Å². The number of aromatic nitrogens is 1. The standard InChI is InChI=1S/C18H20ClN3O5S2/c1-2-27-18(24)14-10-28-16(21-14)11-5-7-22(8-6-11)17(23)12-3-4-13(19)15(9-12)29(20,25)26/h3-4,9-11H,2,5-8H2,1H3,(H2,20,25,26). The Hall–Kier alpha value is -2.01. The molecule has 1 aliphatic rings. The molecule has 0 radical (unpaired) electrons. The molecule has 3 rings (SSSR count). The number of carbonyl (C=O) groups is 2. The highest BCUT2D eigenvalue weighted by molar-refractivity contribution is 7.89. The average Bonchev–Trinajstić information content (AvgIpc) is 3.17. The Labute approximate surface area is 177 Å². The van der Waals surface area contributed by atoms with E-state index in [0.29, 0.717) is 38.2 Å². The second-order valence-electron chi connectivity index (χ2n) is 6.55. The zero-order chi connectivity index (χ0) is 21.2. The van der Waals surface area contributed by atoms with Crippen LogP contribution in [-0.2, 0) is 14.8 Å². The van der Waals surface area contributed by atoms with Crippen molar-refractivity contribution < 1.29 is 22.7 Å². The van der Waals surface area contributed by atoms with Crippen LogP contribution in [0.25, 0.3) is 0 Å². The second-order valence-corrected chi connectivity index (χ2v) is 9.37. The summed E-state index contributed by atoms with van der Waals surface area (Å²) in [5.41, 5.74) is 0.526. The first-order valence-corrected chi connectivity index (χ1v) is 11.7. The van der Waals surface area contributed by atoms with Crippen LogP contribution in [0.1, 0.15) is 51.5 Å². The number of esters is 1. The van der Waals surface area contributed by atoms with Crippen LogP contribution in [0.4, 0.5) is 0 Å². The first kappa shape index (κ1) is 21.7. The highest BCUT2D eigenvalue weighted by Gasteiger charge is 2.28. The summed E-state index contributed by atoms with van der Waals surface area (Å²) in [6.45, 7) is 3.02. The molecule has 8 nitrogen and oxygen atoms in total. The minimum atomic E-state index is -4.02. The average molecular weight is 458 g/mol. The molecule has 1 aliphatic heterocycles. The van der Waals surface area contributed by atoms with Crippen molar-refractivity contribution in [2.75, 3.05) is 19.7 Å². The smallest absolute Gasteiger partial charge is 0.357 e. The van der Waals surface area contributed by atoms with Crippen LogP contribution in [0.5, 0.6) is 0 Å². The van der Waals surface area contributed by atoms with Gasteiger partial charge in [-0.2, -0.15) is 0 Å². The normalized spacial score (nSPS) is 15.3. The number of primary sulfonamides is 1. The third kappa shape index (κ3) is 4.95. The van der Waals surface area contributed by atoms with Crippen LogP contribution in [0.2, 0.25) is 5.02 Å². The Balaban J connectivity index is 1.67. The summed E-state index contributed by atoms with van der Waals surface area (Å²) in [5.74, 6) is -0.565. The molecule has 1 aromatic carbocycles. The van der Waals surface area contributed by atoms with Crippen LogP contribution >= 0.6 is 22.9 Å². The van der Waals surface area contributed by atoms with E-state index in [0.717, 1.165) is 5.01 Å². The molecule has 2 N–H and O–H groups in total. The summed E-state index contributed by atoms with van der Waals surface area (Å²) in [6.07, 6.45) is 1.38. The van der Waals surface area contributed by atoms with E-state index in [9.17, 15) is 18.0 Å². The quantitative estimate of drug-likeness (QED) is 0.689. The molecule has 2 aromatic rings. The molecule has 1 amide bonds. The first-order chi connectivity index (χ1) is 13.7. The third-order valence-corrected chi connectivity index (χ3v) is 7.02.